The number of aromatic nitrogens is 1. The van der Waals surface area contributed by atoms with Gasteiger partial charge in [0.25, 0.3) is 0 Å². The number of carbonyl (C=O) groups is 1. The number of hydrogen-bond acceptors (Lipinski definition) is 4. The predicted molar refractivity (Wildman–Crippen MR) is 141 cm³/mol. The van der Waals surface area contributed by atoms with Crippen LogP contribution in [0.2, 0.25) is 0 Å². The van der Waals surface area contributed by atoms with Gasteiger partial charge in [-0.15, -0.1) is 0 Å². The summed E-state index contributed by atoms with van der Waals surface area (Å²) >= 11 is 0. The van der Waals surface area contributed by atoms with Crippen LogP contribution in [0.5, 0.6) is 5.75 Å². The molecular weight excluding hydrogens is 450 g/mol. The molecule has 36 heavy (non-hydrogen) atoms. The largest absolute Gasteiger partial charge is 0.493 e. The van der Waals surface area contributed by atoms with E-state index in [1.807, 2.05) is 55.5 Å². The summed E-state index contributed by atoms with van der Waals surface area (Å²) < 4.78 is 12.2. The van der Waals surface area contributed by atoms with Gasteiger partial charge >= 0.3 is 5.97 Å². The normalized spacial score (nSPS) is 14.8. The van der Waals surface area contributed by atoms with Crippen molar-refractivity contribution in [3.05, 3.63) is 107 Å². The minimum absolute atomic E-state index is 0.0459. The van der Waals surface area contributed by atoms with E-state index in [-0.39, 0.29) is 12.3 Å². The second kappa shape index (κ2) is 10.6. The van der Waals surface area contributed by atoms with Crippen LogP contribution in [-0.2, 0) is 17.6 Å². The van der Waals surface area contributed by atoms with Gasteiger partial charge in [0, 0.05) is 17.5 Å². The first-order chi connectivity index (χ1) is 17.6. The van der Waals surface area contributed by atoms with E-state index < -0.39 is 5.97 Å². The molecular formula is C31H29NO4. The van der Waals surface area contributed by atoms with Gasteiger partial charge in [0.2, 0.25) is 5.89 Å². The zero-order valence-corrected chi connectivity index (χ0v) is 20.3. The number of aliphatic carboxylic acids is 1. The van der Waals surface area contributed by atoms with E-state index in [2.05, 4.69) is 41.4 Å². The van der Waals surface area contributed by atoms with Crippen LogP contribution >= 0.6 is 0 Å². The Balaban J connectivity index is 1.36. The number of aryl methyl sites for hydroxylation is 2. The Bertz CT molecular complexity index is 1370. The molecule has 1 N–H and O–H groups in total. The molecule has 0 bridgehead atoms. The van der Waals surface area contributed by atoms with Crippen LogP contribution in [0.25, 0.3) is 23.6 Å². The van der Waals surface area contributed by atoms with Gasteiger partial charge in [0.15, 0.2) is 0 Å². The maximum Gasteiger partial charge on any atom is 0.303 e. The lowest BCUT2D eigenvalue weighted by molar-refractivity contribution is -0.137. The highest BCUT2D eigenvalue weighted by Crippen LogP contribution is 2.39. The van der Waals surface area contributed by atoms with E-state index in [1.165, 1.54) is 5.56 Å². The van der Waals surface area contributed by atoms with Crippen LogP contribution < -0.4 is 4.74 Å². The first-order valence-electron chi connectivity index (χ1n) is 12.3. The van der Waals surface area contributed by atoms with Gasteiger partial charge in [0.05, 0.1) is 18.7 Å². The van der Waals surface area contributed by atoms with E-state index in [9.17, 15) is 9.90 Å². The van der Waals surface area contributed by atoms with Crippen LogP contribution in [-0.4, -0.2) is 22.7 Å². The van der Waals surface area contributed by atoms with Gasteiger partial charge in [-0.05, 0) is 66.6 Å². The van der Waals surface area contributed by atoms with Crippen molar-refractivity contribution < 1.29 is 19.1 Å². The van der Waals surface area contributed by atoms with Crippen LogP contribution in [0.15, 0.2) is 77.2 Å². The SMILES string of the molecule is Cc1oc(-c2ccccc2)nc1CCOc1cc2c(cc1/C=C/c1ccccc1)C(CC(=O)O)CC2. The highest BCUT2D eigenvalue weighted by Gasteiger charge is 2.26. The van der Waals surface area contributed by atoms with Crippen molar-refractivity contribution in [1.29, 1.82) is 0 Å². The maximum absolute atomic E-state index is 11.4. The van der Waals surface area contributed by atoms with Crippen molar-refractivity contribution in [1.82, 2.24) is 4.98 Å². The molecule has 4 aromatic rings. The van der Waals surface area contributed by atoms with E-state index >= 15 is 0 Å². The molecule has 0 spiro atoms. The molecule has 182 valence electrons. The molecule has 3 aromatic carbocycles. The first-order valence-corrected chi connectivity index (χ1v) is 12.3. The summed E-state index contributed by atoms with van der Waals surface area (Å²) in [6, 6.07) is 24.2. The van der Waals surface area contributed by atoms with Gasteiger partial charge in [-0.1, -0.05) is 60.7 Å². The Hall–Kier alpha value is -4.12. The third kappa shape index (κ3) is 5.41. The monoisotopic (exact) mass is 479 g/mol. The summed E-state index contributed by atoms with van der Waals surface area (Å²) in [7, 11) is 0. The van der Waals surface area contributed by atoms with Crippen LogP contribution in [0.1, 0.15) is 52.5 Å². The fourth-order valence-electron chi connectivity index (χ4n) is 4.79. The average Bonchev–Trinajstić information content (AvgIpc) is 3.46. The molecule has 1 aromatic heterocycles. The van der Waals surface area contributed by atoms with Crippen molar-refractivity contribution in [2.24, 2.45) is 0 Å². The number of ether oxygens (including phenoxy) is 1. The third-order valence-corrected chi connectivity index (χ3v) is 6.66. The van der Waals surface area contributed by atoms with Crippen molar-refractivity contribution in [3.63, 3.8) is 0 Å². The fraction of sp³-hybridized carbons (Fsp3) is 0.226. The third-order valence-electron chi connectivity index (χ3n) is 6.66. The van der Waals surface area contributed by atoms with Crippen LogP contribution in [0.3, 0.4) is 0 Å². The number of nitrogens with zero attached hydrogens (tertiary/aromatic N) is 1. The van der Waals surface area contributed by atoms with Crippen molar-refractivity contribution in [2.75, 3.05) is 6.61 Å². The van der Waals surface area contributed by atoms with E-state index in [1.54, 1.807) is 0 Å². The summed E-state index contributed by atoms with van der Waals surface area (Å²) in [4.78, 5) is 16.1. The number of hydrogen-bond donors (Lipinski definition) is 1. The molecule has 1 unspecified atom stereocenters. The van der Waals surface area contributed by atoms with Crippen LogP contribution in [0, 0.1) is 6.92 Å². The van der Waals surface area contributed by atoms with Gasteiger partial charge < -0.3 is 14.3 Å². The smallest absolute Gasteiger partial charge is 0.303 e. The first kappa shape index (κ1) is 23.6. The van der Waals surface area contributed by atoms with Gasteiger partial charge in [-0.3, -0.25) is 4.79 Å². The highest BCUT2D eigenvalue weighted by molar-refractivity contribution is 5.74. The molecule has 1 aliphatic carbocycles. The van der Waals surface area contributed by atoms with Gasteiger partial charge in [-0.2, -0.15) is 0 Å². The molecule has 0 fully saturated rings. The molecule has 0 saturated carbocycles. The highest BCUT2D eigenvalue weighted by atomic mass is 16.5. The maximum atomic E-state index is 11.4. The Kier molecular flexibility index (Phi) is 6.99. The van der Waals surface area contributed by atoms with Gasteiger partial charge in [-0.25, -0.2) is 4.98 Å². The van der Waals surface area contributed by atoms with Crippen molar-refractivity contribution in [2.45, 2.75) is 38.5 Å². The Morgan fingerprint density at radius 2 is 1.83 bits per heavy atom. The molecule has 0 amide bonds. The standard InChI is InChI=1S/C31H29NO4/c1-21-28(32-31(36-21)23-10-6-3-7-11-23)16-17-35-29-19-24-14-15-25(20-30(33)34)27(24)18-26(29)13-12-22-8-4-2-5-9-22/h2-13,18-19,25H,14-17,20H2,1H3,(H,33,34)/b13-12+. The average molecular weight is 480 g/mol. The summed E-state index contributed by atoms with van der Waals surface area (Å²) in [5.41, 5.74) is 6.19. The van der Waals surface area contributed by atoms with E-state index in [4.69, 9.17) is 9.15 Å². The van der Waals surface area contributed by atoms with Gasteiger partial charge in [0.1, 0.15) is 11.5 Å². The van der Waals surface area contributed by atoms with Crippen LogP contribution in [0.4, 0.5) is 0 Å². The number of carboxylic acid groups (broad SMARTS) is 1. The van der Waals surface area contributed by atoms with E-state index in [0.29, 0.717) is 18.9 Å². The molecule has 1 heterocycles. The van der Waals surface area contributed by atoms with E-state index in [0.717, 1.165) is 52.3 Å². The summed E-state index contributed by atoms with van der Waals surface area (Å²) in [5, 5.41) is 9.34. The minimum atomic E-state index is -0.757. The zero-order valence-electron chi connectivity index (χ0n) is 20.3. The Morgan fingerprint density at radius 1 is 1.08 bits per heavy atom. The molecule has 0 radical (unpaired) electrons. The number of oxazole rings is 1. The summed E-state index contributed by atoms with van der Waals surface area (Å²) in [6.07, 6.45) is 6.62. The molecule has 5 nitrogen and oxygen atoms in total. The zero-order chi connectivity index (χ0) is 24.9. The van der Waals surface area contributed by atoms with Crippen molar-refractivity contribution in [3.8, 4) is 17.2 Å². The molecule has 1 aliphatic rings. The lowest BCUT2D eigenvalue weighted by atomic mass is 9.95. The van der Waals surface area contributed by atoms with Crippen molar-refractivity contribution >= 4 is 18.1 Å². The Labute approximate surface area is 211 Å². The minimum Gasteiger partial charge on any atom is -0.493 e. The lowest BCUT2D eigenvalue weighted by Crippen LogP contribution is -2.06. The number of benzene rings is 3. The number of rotatable bonds is 9. The fourth-order valence-corrected chi connectivity index (χ4v) is 4.79. The second-order valence-corrected chi connectivity index (χ2v) is 9.15. The number of fused-ring (bicyclic) bond motifs is 1. The quantitative estimate of drug-likeness (QED) is 0.263. The second-order valence-electron chi connectivity index (χ2n) is 9.15. The summed E-state index contributed by atoms with van der Waals surface area (Å²) in [6.45, 7) is 2.39. The predicted octanol–water partition coefficient (Wildman–Crippen LogP) is 6.95. The Morgan fingerprint density at radius 3 is 2.58 bits per heavy atom. The topological polar surface area (TPSA) is 72.6 Å². The molecule has 1 atom stereocenters. The number of carboxylic acids is 1. The molecule has 0 saturated heterocycles. The molecule has 5 rings (SSSR count). The summed E-state index contributed by atoms with van der Waals surface area (Å²) in [5.74, 6) is 1.52. The molecule has 5 heteroatoms. The lowest BCUT2D eigenvalue weighted by Gasteiger charge is -2.14. The molecule has 0 aliphatic heterocycles.